The molecule has 1 heterocycles. The number of nitrogens with zero attached hydrogens (tertiary/aromatic N) is 1. The molecule has 2 nitrogen and oxygen atoms in total. The molecular weight excluding hydrogens is 229 g/mol. The number of piperidine rings is 1. The van der Waals surface area contributed by atoms with Gasteiger partial charge in [0.1, 0.15) is 5.82 Å². The van der Waals surface area contributed by atoms with Gasteiger partial charge in [0.05, 0.1) is 6.04 Å². The van der Waals surface area contributed by atoms with E-state index in [2.05, 4.69) is 4.90 Å². The van der Waals surface area contributed by atoms with E-state index in [1.807, 2.05) is 6.92 Å². The number of carbonyl (C=O) groups is 1. The smallest absolute Gasteiger partial charge is 0.179 e. The number of carbonyl (C=O) groups excluding carboxylic acids is 1. The van der Waals surface area contributed by atoms with Gasteiger partial charge < -0.3 is 0 Å². The summed E-state index contributed by atoms with van der Waals surface area (Å²) in [5.74, 6) is 0.612. The van der Waals surface area contributed by atoms with E-state index >= 15 is 0 Å². The summed E-state index contributed by atoms with van der Waals surface area (Å²) >= 11 is 0. The van der Waals surface area contributed by atoms with Crippen molar-refractivity contribution in [2.24, 2.45) is 5.92 Å². The zero-order valence-corrected chi connectivity index (χ0v) is 10.6. The van der Waals surface area contributed by atoms with Crippen LogP contribution in [0.1, 0.15) is 36.5 Å². The maximum Gasteiger partial charge on any atom is 0.179 e. The van der Waals surface area contributed by atoms with Crippen LogP contribution in [0.5, 0.6) is 0 Å². The molecule has 0 aromatic heterocycles. The molecule has 2 aliphatic rings. The number of likely N-dealkylation sites (tertiary alicyclic amines) is 1. The van der Waals surface area contributed by atoms with Crippen LogP contribution in [0.3, 0.4) is 0 Å². The van der Waals surface area contributed by atoms with E-state index in [1.54, 1.807) is 12.1 Å². The number of rotatable bonds is 3. The van der Waals surface area contributed by atoms with Crippen molar-refractivity contribution in [3.05, 3.63) is 35.6 Å². The first-order valence-corrected chi connectivity index (χ1v) is 6.70. The predicted molar refractivity (Wildman–Crippen MR) is 68.0 cm³/mol. The molecule has 18 heavy (non-hydrogen) atoms. The summed E-state index contributed by atoms with van der Waals surface area (Å²) in [7, 11) is 0. The van der Waals surface area contributed by atoms with Crippen LogP contribution in [0.15, 0.2) is 24.3 Å². The first kappa shape index (κ1) is 11.8. The highest BCUT2D eigenvalue weighted by Gasteiger charge is 2.41. The number of hydrogen-bond acceptors (Lipinski definition) is 2. The standard InChI is InChI=1S/C15H18FNO/c1-10(17-9-11-2-7-14(17)8-11)15(18)12-3-5-13(16)6-4-12/h3-6,10-11,14H,2,7-9H2,1H3. The number of Topliss-reactive ketones (excluding diaryl/α,β-unsaturated/α-hetero) is 1. The fourth-order valence-electron chi connectivity index (χ4n) is 3.44. The molecule has 0 radical (unpaired) electrons. The molecule has 96 valence electrons. The number of ketones is 1. The summed E-state index contributed by atoms with van der Waals surface area (Å²) in [6.07, 6.45) is 3.80. The molecule has 0 amide bonds. The third kappa shape index (κ3) is 1.97. The number of fused-ring (bicyclic) bond motifs is 2. The van der Waals surface area contributed by atoms with Crippen LogP contribution < -0.4 is 0 Å². The van der Waals surface area contributed by atoms with E-state index in [1.165, 1.54) is 31.4 Å². The monoisotopic (exact) mass is 247 g/mol. The van der Waals surface area contributed by atoms with Crippen molar-refractivity contribution in [2.75, 3.05) is 6.54 Å². The van der Waals surface area contributed by atoms with Crippen molar-refractivity contribution in [1.29, 1.82) is 0 Å². The van der Waals surface area contributed by atoms with Crippen molar-refractivity contribution >= 4 is 5.78 Å². The Morgan fingerprint density at radius 3 is 2.61 bits per heavy atom. The normalized spacial score (nSPS) is 28.6. The molecule has 2 bridgehead atoms. The van der Waals surface area contributed by atoms with Crippen LogP contribution in [0, 0.1) is 11.7 Å². The van der Waals surface area contributed by atoms with Crippen molar-refractivity contribution < 1.29 is 9.18 Å². The second kappa shape index (κ2) is 4.47. The second-order valence-corrected chi connectivity index (χ2v) is 5.58. The average Bonchev–Trinajstić information content (AvgIpc) is 3.00. The highest BCUT2D eigenvalue weighted by molar-refractivity contribution is 5.99. The first-order chi connectivity index (χ1) is 8.65. The van der Waals surface area contributed by atoms with E-state index < -0.39 is 0 Å². The minimum atomic E-state index is -0.292. The highest BCUT2D eigenvalue weighted by atomic mass is 19.1. The van der Waals surface area contributed by atoms with Gasteiger partial charge in [-0.2, -0.15) is 0 Å². The Bertz CT molecular complexity index is 456. The Kier molecular flexibility index (Phi) is 2.94. The largest absolute Gasteiger partial charge is 0.292 e. The van der Waals surface area contributed by atoms with Crippen molar-refractivity contribution in [3.63, 3.8) is 0 Å². The number of halogens is 1. The van der Waals surface area contributed by atoms with Gasteiger partial charge in [-0.15, -0.1) is 0 Å². The minimum absolute atomic E-state index is 0.0780. The maximum atomic E-state index is 12.9. The zero-order valence-electron chi connectivity index (χ0n) is 10.6. The molecule has 1 saturated heterocycles. The third-order valence-electron chi connectivity index (χ3n) is 4.46. The average molecular weight is 247 g/mol. The zero-order chi connectivity index (χ0) is 12.7. The molecule has 1 aromatic carbocycles. The summed E-state index contributed by atoms with van der Waals surface area (Å²) in [5.41, 5.74) is 0.617. The lowest BCUT2D eigenvalue weighted by Crippen LogP contribution is -2.43. The van der Waals surface area contributed by atoms with Gasteiger partial charge in [-0.1, -0.05) is 0 Å². The van der Waals surface area contributed by atoms with Crippen LogP contribution in [0.25, 0.3) is 0 Å². The van der Waals surface area contributed by atoms with Gasteiger partial charge >= 0.3 is 0 Å². The topological polar surface area (TPSA) is 20.3 Å². The predicted octanol–water partition coefficient (Wildman–Crippen LogP) is 2.88. The number of hydrogen-bond donors (Lipinski definition) is 0. The maximum absolute atomic E-state index is 12.9. The molecule has 1 aliphatic heterocycles. The van der Waals surface area contributed by atoms with Gasteiger partial charge in [0.2, 0.25) is 0 Å². The van der Waals surface area contributed by atoms with Gasteiger partial charge in [0.25, 0.3) is 0 Å². The first-order valence-electron chi connectivity index (χ1n) is 6.70. The van der Waals surface area contributed by atoms with Crippen LogP contribution in [-0.4, -0.2) is 29.3 Å². The fraction of sp³-hybridized carbons (Fsp3) is 0.533. The van der Waals surface area contributed by atoms with E-state index in [0.29, 0.717) is 11.6 Å². The molecule has 3 atom stereocenters. The lowest BCUT2D eigenvalue weighted by molar-refractivity contribution is 0.0787. The van der Waals surface area contributed by atoms with Crippen molar-refractivity contribution in [2.45, 2.75) is 38.3 Å². The van der Waals surface area contributed by atoms with Crippen LogP contribution in [0.2, 0.25) is 0 Å². The van der Waals surface area contributed by atoms with Gasteiger partial charge in [0, 0.05) is 18.2 Å². The summed E-state index contributed by atoms with van der Waals surface area (Å²) in [6, 6.07) is 6.40. The number of benzene rings is 1. The van der Waals surface area contributed by atoms with Crippen molar-refractivity contribution in [3.8, 4) is 0 Å². The van der Waals surface area contributed by atoms with Gasteiger partial charge in [-0.3, -0.25) is 9.69 Å². The van der Waals surface area contributed by atoms with Crippen LogP contribution in [-0.2, 0) is 0 Å². The van der Waals surface area contributed by atoms with Gasteiger partial charge in [-0.25, -0.2) is 4.39 Å². The van der Waals surface area contributed by atoms with E-state index in [-0.39, 0.29) is 17.6 Å². The quantitative estimate of drug-likeness (QED) is 0.765. The molecule has 1 aliphatic carbocycles. The lowest BCUT2D eigenvalue weighted by atomic mass is 10.0. The van der Waals surface area contributed by atoms with Crippen molar-refractivity contribution in [1.82, 2.24) is 4.90 Å². The molecule has 0 spiro atoms. The SMILES string of the molecule is CC(C(=O)c1ccc(F)cc1)N1CC2CCC1C2. The van der Waals surface area contributed by atoms with Crippen LogP contribution >= 0.6 is 0 Å². The molecule has 3 heteroatoms. The van der Waals surface area contributed by atoms with E-state index in [0.717, 1.165) is 12.5 Å². The Labute approximate surface area is 107 Å². The Morgan fingerprint density at radius 1 is 1.33 bits per heavy atom. The fourth-order valence-corrected chi connectivity index (χ4v) is 3.44. The molecule has 1 saturated carbocycles. The minimum Gasteiger partial charge on any atom is -0.292 e. The Balaban J connectivity index is 1.74. The van der Waals surface area contributed by atoms with Gasteiger partial charge in [0.15, 0.2) is 5.78 Å². The van der Waals surface area contributed by atoms with E-state index in [4.69, 9.17) is 0 Å². The Hall–Kier alpha value is -1.22. The summed E-state index contributed by atoms with van der Waals surface area (Å²) in [6.45, 7) is 3.03. The second-order valence-electron chi connectivity index (χ2n) is 5.58. The molecule has 1 aromatic rings. The summed E-state index contributed by atoms with van der Waals surface area (Å²) in [5, 5.41) is 0. The van der Waals surface area contributed by atoms with Gasteiger partial charge in [-0.05, 0) is 56.4 Å². The third-order valence-corrected chi connectivity index (χ3v) is 4.46. The van der Waals surface area contributed by atoms with Crippen LogP contribution in [0.4, 0.5) is 4.39 Å². The highest BCUT2D eigenvalue weighted by Crippen LogP contribution is 2.38. The lowest BCUT2D eigenvalue weighted by Gasteiger charge is -2.31. The van der Waals surface area contributed by atoms with E-state index in [9.17, 15) is 9.18 Å². The molecule has 2 fully saturated rings. The molecule has 0 N–H and O–H groups in total. The molecular formula is C15H18FNO. The summed E-state index contributed by atoms with van der Waals surface area (Å²) < 4.78 is 12.9. The Morgan fingerprint density at radius 2 is 2.06 bits per heavy atom. The summed E-state index contributed by atoms with van der Waals surface area (Å²) in [4.78, 5) is 14.7. The molecule has 3 unspecified atom stereocenters. The molecule has 3 rings (SSSR count).